The lowest BCUT2D eigenvalue weighted by atomic mass is 9.82. The predicted octanol–water partition coefficient (Wildman–Crippen LogP) is 4.94. The topological polar surface area (TPSA) is 95.9 Å². The number of nitrogens with zero attached hydrogens (tertiary/aromatic N) is 1. The van der Waals surface area contributed by atoms with E-state index in [4.69, 9.17) is 4.74 Å². The summed E-state index contributed by atoms with van der Waals surface area (Å²) in [6.07, 6.45) is 3.56. The third kappa shape index (κ3) is 4.64. The molecule has 186 valence electrons. The van der Waals surface area contributed by atoms with Gasteiger partial charge in [-0.15, -0.1) is 0 Å². The van der Waals surface area contributed by atoms with Crippen molar-refractivity contribution in [1.29, 1.82) is 0 Å². The van der Waals surface area contributed by atoms with Crippen LogP contribution < -0.4 is 5.32 Å². The maximum absolute atomic E-state index is 13.6. The number of ether oxygens (including phenoxy) is 1. The average molecular weight is 479 g/mol. The van der Waals surface area contributed by atoms with Crippen LogP contribution in [0.25, 0.3) is 11.1 Å². The van der Waals surface area contributed by atoms with Crippen molar-refractivity contribution in [3.8, 4) is 11.1 Å². The van der Waals surface area contributed by atoms with Gasteiger partial charge >= 0.3 is 12.1 Å². The molecule has 1 unspecified atom stereocenters. The smallest absolute Gasteiger partial charge is 0.410 e. The lowest BCUT2D eigenvalue weighted by Gasteiger charge is -2.47. The SMILES string of the molecule is CCCCC1(CCCC)C(=O)NC(C(=O)O)CN1C(=O)OCC1c2ccccc2-c2ccccc21. The maximum atomic E-state index is 13.6. The van der Waals surface area contributed by atoms with Crippen LogP contribution in [0.15, 0.2) is 48.5 Å². The van der Waals surface area contributed by atoms with Crippen LogP contribution in [0.4, 0.5) is 4.79 Å². The molecule has 7 heteroatoms. The number of aliphatic carboxylic acids is 1. The Bertz CT molecular complexity index is 1040. The van der Waals surface area contributed by atoms with Crippen LogP contribution in [0.3, 0.4) is 0 Å². The minimum atomic E-state index is -1.16. The van der Waals surface area contributed by atoms with E-state index >= 15 is 0 Å². The van der Waals surface area contributed by atoms with Crippen molar-refractivity contribution < 1.29 is 24.2 Å². The molecule has 2 aliphatic rings. The first-order valence-electron chi connectivity index (χ1n) is 12.6. The fourth-order valence-electron chi connectivity index (χ4n) is 5.44. The first-order chi connectivity index (χ1) is 16.9. The van der Waals surface area contributed by atoms with Gasteiger partial charge in [0.1, 0.15) is 18.2 Å². The van der Waals surface area contributed by atoms with Gasteiger partial charge in [0.2, 0.25) is 5.91 Å². The minimum absolute atomic E-state index is 0.106. The van der Waals surface area contributed by atoms with Crippen LogP contribution in [0.2, 0.25) is 0 Å². The standard InChI is InChI=1S/C28H34N2O5/c1-3-5-15-28(16-6-4-2)26(33)29-24(25(31)32)17-30(28)27(34)35-18-23-21-13-9-7-11-19(21)20-12-8-10-14-22(20)23/h7-14,23-24H,3-6,15-18H2,1-2H3,(H,29,33)(H,31,32). The summed E-state index contributed by atoms with van der Waals surface area (Å²) in [5.74, 6) is -1.66. The normalized spacial score (nSPS) is 18.5. The number of rotatable bonds is 9. The van der Waals surface area contributed by atoms with Crippen LogP contribution in [0, 0.1) is 0 Å². The highest BCUT2D eigenvalue weighted by Gasteiger charge is 2.52. The van der Waals surface area contributed by atoms with Gasteiger partial charge in [0.15, 0.2) is 0 Å². The fraction of sp³-hybridized carbons (Fsp3) is 0.464. The van der Waals surface area contributed by atoms with E-state index < -0.39 is 29.6 Å². The number of hydrogen-bond donors (Lipinski definition) is 2. The number of benzene rings is 2. The molecule has 0 saturated carbocycles. The quantitative estimate of drug-likeness (QED) is 0.532. The van der Waals surface area contributed by atoms with Crippen LogP contribution in [0.5, 0.6) is 0 Å². The van der Waals surface area contributed by atoms with Gasteiger partial charge in [-0.05, 0) is 35.1 Å². The van der Waals surface area contributed by atoms with Crippen molar-refractivity contribution in [2.24, 2.45) is 0 Å². The van der Waals surface area contributed by atoms with Crippen LogP contribution in [-0.2, 0) is 14.3 Å². The van der Waals surface area contributed by atoms with Crippen LogP contribution in [-0.4, -0.2) is 52.7 Å². The molecule has 2 amide bonds. The lowest BCUT2D eigenvalue weighted by molar-refractivity contribution is -0.151. The molecule has 2 aromatic rings. The number of carboxylic acids is 1. The van der Waals surface area contributed by atoms with Gasteiger partial charge < -0.3 is 15.2 Å². The zero-order valence-electron chi connectivity index (χ0n) is 20.5. The highest BCUT2D eigenvalue weighted by atomic mass is 16.6. The molecule has 0 radical (unpaired) electrons. The summed E-state index contributed by atoms with van der Waals surface area (Å²) in [5, 5.41) is 12.3. The molecule has 0 spiro atoms. The van der Waals surface area contributed by atoms with E-state index in [2.05, 4.69) is 29.6 Å². The Morgan fingerprint density at radius 1 is 1.00 bits per heavy atom. The van der Waals surface area contributed by atoms with E-state index in [0.29, 0.717) is 12.8 Å². The average Bonchev–Trinajstić information content (AvgIpc) is 3.19. The van der Waals surface area contributed by atoms with Crippen molar-refractivity contribution >= 4 is 18.0 Å². The number of piperazine rings is 1. The van der Waals surface area contributed by atoms with Crippen molar-refractivity contribution in [1.82, 2.24) is 10.2 Å². The Morgan fingerprint density at radius 3 is 2.06 bits per heavy atom. The number of nitrogens with one attached hydrogen (secondary N) is 1. The van der Waals surface area contributed by atoms with Crippen molar-refractivity contribution in [2.45, 2.75) is 69.9 Å². The van der Waals surface area contributed by atoms with Crippen molar-refractivity contribution in [2.75, 3.05) is 13.2 Å². The van der Waals surface area contributed by atoms with Gasteiger partial charge in [-0.25, -0.2) is 9.59 Å². The van der Waals surface area contributed by atoms with Crippen molar-refractivity contribution in [3.05, 3.63) is 59.7 Å². The van der Waals surface area contributed by atoms with E-state index in [1.54, 1.807) is 0 Å². The molecule has 0 bridgehead atoms. The Hall–Kier alpha value is -3.35. The van der Waals surface area contributed by atoms with E-state index in [9.17, 15) is 19.5 Å². The molecule has 1 saturated heterocycles. The third-order valence-electron chi connectivity index (χ3n) is 7.35. The molecule has 7 nitrogen and oxygen atoms in total. The van der Waals surface area contributed by atoms with Crippen LogP contribution >= 0.6 is 0 Å². The zero-order valence-corrected chi connectivity index (χ0v) is 20.5. The third-order valence-corrected chi connectivity index (χ3v) is 7.35. The first kappa shape index (κ1) is 24.8. The summed E-state index contributed by atoms with van der Waals surface area (Å²) >= 11 is 0. The second kappa shape index (κ2) is 10.5. The van der Waals surface area contributed by atoms with Crippen LogP contribution in [0.1, 0.15) is 69.4 Å². The number of carboxylic acid groups (broad SMARTS) is 1. The Morgan fingerprint density at radius 2 is 1.54 bits per heavy atom. The predicted molar refractivity (Wildman–Crippen MR) is 133 cm³/mol. The summed E-state index contributed by atoms with van der Waals surface area (Å²) in [6, 6.07) is 15.0. The molecule has 1 aliphatic heterocycles. The molecule has 1 atom stereocenters. The Balaban J connectivity index is 1.61. The summed E-state index contributed by atoms with van der Waals surface area (Å²) in [5.41, 5.74) is 3.37. The number of hydrogen-bond acceptors (Lipinski definition) is 4. The van der Waals surface area contributed by atoms with E-state index in [0.717, 1.165) is 47.9 Å². The van der Waals surface area contributed by atoms with Gasteiger partial charge in [0.25, 0.3) is 0 Å². The summed E-state index contributed by atoms with van der Waals surface area (Å²) in [6.45, 7) is 4.09. The number of fused-ring (bicyclic) bond motifs is 3. The molecule has 0 aromatic heterocycles. The van der Waals surface area contributed by atoms with Gasteiger partial charge in [0.05, 0.1) is 6.54 Å². The van der Waals surface area contributed by atoms with Gasteiger partial charge in [-0.1, -0.05) is 88.1 Å². The monoisotopic (exact) mass is 478 g/mol. The first-order valence-corrected chi connectivity index (χ1v) is 12.6. The molecular formula is C28H34N2O5. The number of carbonyl (C=O) groups is 3. The maximum Gasteiger partial charge on any atom is 0.410 e. The summed E-state index contributed by atoms with van der Waals surface area (Å²) < 4.78 is 5.88. The number of amides is 2. The van der Waals surface area contributed by atoms with E-state index in [-0.39, 0.29) is 19.1 Å². The summed E-state index contributed by atoms with van der Waals surface area (Å²) in [4.78, 5) is 40.0. The zero-order chi connectivity index (χ0) is 25.0. The molecule has 1 aliphatic carbocycles. The van der Waals surface area contributed by atoms with Crippen molar-refractivity contribution in [3.63, 3.8) is 0 Å². The second-order valence-corrected chi connectivity index (χ2v) is 9.52. The molecule has 35 heavy (non-hydrogen) atoms. The molecule has 1 heterocycles. The number of carbonyl (C=O) groups excluding carboxylic acids is 2. The van der Waals surface area contributed by atoms with Gasteiger partial charge in [-0.3, -0.25) is 9.69 Å². The highest BCUT2D eigenvalue weighted by molar-refractivity contribution is 5.95. The second-order valence-electron chi connectivity index (χ2n) is 9.52. The van der Waals surface area contributed by atoms with E-state index in [1.807, 2.05) is 38.1 Å². The molecule has 2 aromatic carbocycles. The van der Waals surface area contributed by atoms with E-state index in [1.165, 1.54) is 4.90 Å². The fourth-order valence-corrected chi connectivity index (χ4v) is 5.44. The highest BCUT2D eigenvalue weighted by Crippen LogP contribution is 2.44. The number of unbranched alkanes of at least 4 members (excludes halogenated alkanes) is 2. The largest absolute Gasteiger partial charge is 0.480 e. The Labute approximate surface area is 206 Å². The molecule has 4 rings (SSSR count). The Kier molecular flexibility index (Phi) is 7.43. The van der Waals surface area contributed by atoms with Gasteiger partial charge in [0, 0.05) is 5.92 Å². The minimum Gasteiger partial charge on any atom is -0.480 e. The van der Waals surface area contributed by atoms with Gasteiger partial charge in [-0.2, -0.15) is 0 Å². The lowest BCUT2D eigenvalue weighted by Crippen LogP contribution is -2.70. The molecular weight excluding hydrogens is 444 g/mol. The molecule has 2 N–H and O–H groups in total. The summed E-state index contributed by atoms with van der Waals surface area (Å²) in [7, 11) is 0. The molecule has 1 fully saturated rings.